The predicted molar refractivity (Wildman–Crippen MR) is 89.8 cm³/mol. The minimum atomic E-state index is -1.44. The maximum Gasteiger partial charge on any atom is 1.00 e. The van der Waals surface area contributed by atoms with Crippen molar-refractivity contribution in [1.29, 1.82) is 0 Å². The van der Waals surface area contributed by atoms with Crippen LogP contribution in [0.3, 0.4) is 0 Å². The van der Waals surface area contributed by atoms with E-state index in [9.17, 15) is 24.6 Å². The molecular formula is C17H30NNa3O5. The molecule has 0 aromatic rings. The van der Waals surface area contributed by atoms with Crippen molar-refractivity contribution >= 4 is 42.9 Å². The van der Waals surface area contributed by atoms with Gasteiger partial charge in [-0.2, -0.15) is 0 Å². The fourth-order valence-electron chi connectivity index (χ4n) is 2.08. The van der Waals surface area contributed by atoms with Crippen LogP contribution in [0.15, 0.2) is 0 Å². The van der Waals surface area contributed by atoms with E-state index in [4.69, 9.17) is 5.73 Å². The molecule has 0 bridgehead atoms. The third-order valence-electron chi connectivity index (χ3n) is 3.59. The number of aliphatic carboxylic acids is 2. The zero-order chi connectivity index (χ0) is 18.8. The van der Waals surface area contributed by atoms with E-state index in [0.717, 1.165) is 40.8 Å². The van der Waals surface area contributed by atoms with Crippen molar-refractivity contribution < 1.29 is 83.7 Å². The standard InChI is InChI=1S/C12H23O.C5H9NO4.3Na/c1-2-3-4-5-6-7-8-9-10-11-12-13;6-3(5(9)10)1-2-4(7)8;;;/h2-11H2,1H3;3H,1-2,6H2,(H,7,8)(H,9,10);;;/q;;;2*+1/p-2. The number of carboxylic acid groups (broad SMARTS) is 2. The maximum absolute atomic E-state index is 10.7. The normalized spacial score (nSPS) is 10.5. The summed E-state index contributed by atoms with van der Waals surface area (Å²) in [5.74, 6) is -2.75. The molecule has 0 rings (SSSR count). The van der Waals surface area contributed by atoms with Crippen molar-refractivity contribution in [3.63, 3.8) is 0 Å². The average Bonchev–Trinajstić information content (AvgIpc) is 2.51. The summed E-state index contributed by atoms with van der Waals surface area (Å²) in [5, 5.41) is 19.6. The van der Waals surface area contributed by atoms with E-state index in [1.54, 1.807) is 0 Å². The minimum Gasteiger partial charge on any atom is -0.550 e. The fourth-order valence-corrected chi connectivity index (χ4v) is 2.43. The molecule has 0 saturated heterocycles. The number of carbonyl (C=O) groups is 3. The molecule has 0 aromatic carbocycles. The SMILES string of the molecule is CCCCCCCCCCC[C](=O)[Na].NC(CCC(=O)[O-])C(=O)[O-].[Na+].[Na+]. The van der Waals surface area contributed by atoms with Gasteiger partial charge in [0.25, 0.3) is 0 Å². The van der Waals surface area contributed by atoms with E-state index in [-0.39, 0.29) is 72.0 Å². The van der Waals surface area contributed by atoms with E-state index in [1.165, 1.54) is 51.4 Å². The Labute approximate surface area is 219 Å². The molecule has 9 heteroatoms. The van der Waals surface area contributed by atoms with E-state index in [1.807, 2.05) is 0 Å². The Morgan fingerprint density at radius 2 is 1.27 bits per heavy atom. The van der Waals surface area contributed by atoms with Crippen molar-refractivity contribution in [2.45, 2.75) is 90.0 Å². The summed E-state index contributed by atoms with van der Waals surface area (Å²) < 4.78 is 0.480. The van der Waals surface area contributed by atoms with Crippen LogP contribution in [0.25, 0.3) is 0 Å². The van der Waals surface area contributed by atoms with Crippen molar-refractivity contribution in [1.82, 2.24) is 0 Å². The number of carbonyl (C=O) groups excluding carboxylic acids is 3. The largest absolute Gasteiger partial charge is 1.00 e. The number of nitrogens with two attached hydrogens (primary N) is 1. The van der Waals surface area contributed by atoms with Gasteiger partial charge in [0, 0.05) is 12.0 Å². The van der Waals surface area contributed by atoms with Crippen LogP contribution < -0.4 is 75.1 Å². The van der Waals surface area contributed by atoms with Crippen LogP contribution in [-0.2, 0) is 14.4 Å². The molecule has 0 aromatic heterocycles. The Balaban J connectivity index is -0.000000181. The molecule has 0 aliphatic rings. The Kier molecular flexibility index (Phi) is 35.8. The van der Waals surface area contributed by atoms with Crippen LogP contribution >= 0.6 is 0 Å². The van der Waals surface area contributed by atoms with Crippen LogP contribution in [0.4, 0.5) is 0 Å². The van der Waals surface area contributed by atoms with Crippen molar-refractivity contribution in [2.24, 2.45) is 5.73 Å². The minimum absolute atomic E-state index is 0. The molecule has 0 fully saturated rings. The summed E-state index contributed by atoms with van der Waals surface area (Å²) in [5.41, 5.74) is 4.91. The van der Waals surface area contributed by atoms with Crippen LogP contribution in [0.1, 0.15) is 84.0 Å². The first-order valence-electron chi connectivity index (χ1n) is 8.97. The molecule has 6 nitrogen and oxygen atoms in total. The van der Waals surface area contributed by atoms with Crippen LogP contribution in [-0.4, -0.2) is 48.9 Å². The van der Waals surface area contributed by atoms with Crippen molar-refractivity contribution in [3.8, 4) is 0 Å². The molecule has 0 heterocycles. The van der Waals surface area contributed by atoms with Gasteiger partial charge in [-0.15, -0.1) is 0 Å². The van der Waals surface area contributed by atoms with Crippen LogP contribution in [0.5, 0.6) is 0 Å². The molecular weight excluding hydrogens is 367 g/mol. The Morgan fingerprint density at radius 1 is 0.846 bits per heavy atom. The number of carboxylic acids is 2. The van der Waals surface area contributed by atoms with Gasteiger partial charge in [-0.25, -0.2) is 0 Å². The second-order valence-electron chi connectivity index (χ2n) is 6.12. The summed E-state index contributed by atoms with van der Waals surface area (Å²) in [6.07, 6.45) is 12.4. The van der Waals surface area contributed by atoms with Gasteiger partial charge >= 0.3 is 166 Å². The number of rotatable bonds is 14. The second-order valence-corrected chi connectivity index (χ2v) is 7.23. The second kappa shape index (κ2) is 26.6. The first kappa shape index (κ1) is 35.0. The van der Waals surface area contributed by atoms with Crippen molar-refractivity contribution in [2.75, 3.05) is 0 Å². The van der Waals surface area contributed by atoms with Gasteiger partial charge in [-0.05, 0) is 12.8 Å². The Morgan fingerprint density at radius 3 is 1.62 bits per heavy atom. The summed E-state index contributed by atoms with van der Waals surface area (Å²) in [6.45, 7) is 2.26. The quantitative estimate of drug-likeness (QED) is 0.230. The van der Waals surface area contributed by atoms with Gasteiger partial charge < -0.3 is 25.5 Å². The van der Waals surface area contributed by atoms with Gasteiger partial charge in [0.2, 0.25) is 0 Å². The number of hydrogen-bond donors (Lipinski definition) is 1. The molecule has 0 aliphatic carbocycles. The van der Waals surface area contributed by atoms with Gasteiger partial charge in [0.05, 0.1) is 5.97 Å². The molecule has 1 unspecified atom stereocenters. The van der Waals surface area contributed by atoms with Gasteiger partial charge in [0.1, 0.15) is 0 Å². The smallest absolute Gasteiger partial charge is 0.550 e. The zero-order valence-electron chi connectivity index (χ0n) is 17.2. The first-order valence-corrected chi connectivity index (χ1v) is 9.97. The summed E-state index contributed by atoms with van der Waals surface area (Å²) in [6, 6.07) is -1.21. The maximum atomic E-state index is 10.7. The Hall–Kier alpha value is 1.57. The van der Waals surface area contributed by atoms with E-state index in [2.05, 4.69) is 6.92 Å². The number of hydrogen-bond acceptors (Lipinski definition) is 6. The van der Waals surface area contributed by atoms with Crippen LogP contribution in [0, 0.1) is 0 Å². The molecule has 0 radical (unpaired) electrons. The summed E-state index contributed by atoms with van der Waals surface area (Å²) in [4.78, 5) is 30.3. The Bertz CT molecular complexity index is 357. The molecule has 1 atom stereocenters. The molecule has 0 saturated carbocycles. The van der Waals surface area contributed by atoms with E-state index < -0.39 is 18.0 Å². The number of unbranched alkanes of at least 4 members (excludes halogenated alkanes) is 8. The fraction of sp³-hybridized carbons (Fsp3) is 0.824. The zero-order valence-corrected chi connectivity index (χ0v) is 23.2. The molecule has 0 spiro atoms. The molecule has 0 aliphatic heterocycles. The summed E-state index contributed by atoms with van der Waals surface area (Å²) in [7, 11) is 0. The van der Waals surface area contributed by atoms with E-state index >= 15 is 0 Å². The molecule has 26 heavy (non-hydrogen) atoms. The molecule has 0 amide bonds. The topological polar surface area (TPSA) is 123 Å². The first-order chi connectivity index (χ1) is 11.3. The predicted octanol–water partition coefficient (Wildman–Crippen LogP) is -5.80. The summed E-state index contributed by atoms with van der Waals surface area (Å²) >= 11 is 0.751. The van der Waals surface area contributed by atoms with Gasteiger partial charge in [0.15, 0.2) is 0 Å². The van der Waals surface area contributed by atoms with Gasteiger partial charge in [-0.1, -0.05) is 0 Å². The van der Waals surface area contributed by atoms with Gasteiger partial charge in [-0.3, -0.25) is 0 Å². The van der Waals surface area contributed by atoms with E-state index in [0.29, 0.717) is 3.03 Å². The molecule has 2 N–H and O–H groups in total. The van der Waals surface area contributed by atoms with Crippen molar-refractivity contribution in [3.05, 3.63) is 0 Å². The monoisotopic (exact) mass is 397 g/mol. The third-order valence-corrected chi connectivity index (χ3v) is 4.09. The van der Waals surface area contributed by atoms with Crippen LogP contribution in [0.2, 0.25) is 0 Å². The molecule has 136 valence electrons. The third kappa shape index (κ3) is 33.2. The average molecular weight is 397 g/mol.